The highest BCUT2D eigenvalue weighted by molar-refractivity contribution is 9.10. The van der Waals surface area contributed by atoms with Gasteiger partial charge in [-0.1, -0.05) is 51.3 Å². The Morgan fingerprint density at radius 1 is 1.15 bits per heavy atom. The molecule has 2 aromatic rings. The van der Waals surface area contributed by atoms with Crippen LogP contribution in [-0.4, -0.2) is 7.11 Å². The molecular formula is C14H13BrCl2N2O. The molecule has 0 saturated heterocycles. The monoisotopic (exact) mass is 374 g/mol. The van der Waals surface area contributed by atoms with Crippen LogP contribution in [0.3, 0.4) is 0 Å². The zero-order valence-corrected chi connectivity index (χ0v) is 13.8. The van der Waals surface area contributed by atoms with E-state index in [1.807, 2.05) is 24.3 Å². The van der Waals surface area contributed by atoms with Gasteiger partial charge in [0.1, 0.15) is 5.75 Å². The SMILES string of the molecule is COc1cc(Br)ccc1C(NN)c1ccc(Cl)c(Cl)c1. The lowest BCUT2D eigenvalue weighted by Gasteiger charge is -2.20. The van der Waals surface area contributed by atoms with Gasteiger partial charge in [0.05, 0.1) is 23.2 Å². The quantitative estimate of drug-likeness (QED) is 0.618. The molecule has 0 aromatic heterocycles. The van der Waals surface area contributed by atoms with Crippen LogP contribution in [0, 0.1) is 0 Å². The first-order valence-electron chi connectivity index (χ1n) is 5.81. The standard InChI is InChI=1S/C14H13BrCl2N2O/c1-20-13-7-9(15)3-4-10(13)14(19-18)8-2-5-11(16)12(17)6-8/h2-7,14,19H,18H2,1H3. The molecule has 3 N–H and O–H groups in total. The van der Waals surface area contributed by atoms with Crippen molar-refractivity contribution in [2.75, 3.05) is 7.11 Å². The molecule has 0 aliphatic heterocycles. The first-order valence-corrected chi connectivity index (χ1v) is 7.36. The molecule has 20 heavy (non-hydrogen) atoms. The molecule has 0 fully saturated rings. The number of halogens is 3. The predicted molar refractivity (Wildman–Crippen MR) is 86.3 cm³/mol. The number of benzene rings is 2. The fourth-order valence-electron chi connectivity index (χ4n) is 1.98. The largest absolute Gasteiger partial charge is 0.496 e. The molecule has 2 aromatic carbocycles. The van der Waals surface area contributed by atoms with Crippen molar-refractivity contribution >= 4 is 39.1 Å². The summed E-state index contributed by atoms with van der Waals surface area (Å²) in [4.78, 5) is 0. The number of nitrogens with one attached hydrogen (secondary N) is 1. The minimum Gasteiger partial charge on any atom is -0.496 e. The molecule has 0 radical (unpaired) electrons. The van der Waals surface area contributed by atoms with Crippen molar-refractivity contribution in [1.82, 2.24) is 5.43 Å². The van der Waals surface area contributed by atoms with Gasteiger partial charge in [0.15, 0.2) is 0 Å². The lowest BCUT2D eigenvalue weighted by molar-refractivity contribution is 0.404. The number of hydrogen-bond acceptors (Lipinski definition) is 3. The van der Waals surface area contributed by atoms with E-state index in [1.165, 1.54) is 0 Å². The summed E-state index contributed by atoms with van der Waals surface area (Å²) in [7, 11) is 1.62. The third-order valence-electron chi connectivity index (χ3n) is 2.95. The van der Waals surface area contributed by atoms with Crippen LogP contribution in [0.1, 0.15) is 17.2 Å². The summed E-state index contributed by atoms with van der Waals surface area (Å²) < 4.78 is 6.33. The minimum atomic E-state index is -0.243. The molecule has 0 amide bonds. The molecule has 0 aliphatic carbocycles. The number of rotatable bonds is 4. The Bertz CT molecular complexity index is 622. The van der Waals surface area contributed by atoms with E-state index in [0.29, 0.717) is 10.0 Å². The molecule has 3 nitrogen and oxygen atoms in total. The van der Waals surface area contributed by atoms with Crippen molar-refractivity contribution in [2.24, 2.45) is 5.84 Å². The average molecular weight is 376 g/mol. The van der Waals surface area contributed by atoms with Gasteiger partial charge in [-0.3, -0.25) is 5.84 Å². The van der Waals surface area contributed by atoms with Crippen molar-refractivity contribution in [3.8, 4) is 5.75 Å². The third-order valence-corrected chi connectivity index (χ3v) is 4.18. The Kier molecular flexibility index (Phi) is 5.29. The van der Waals surface area contributed by atoms with Gasteiger partial charge in [0.2, 0.25) is 0 Å². The van der Waals surface area contributed by atoms with Crippen molar-refractivity contribution in [3.05, 3.63) is 62.0 Å². The molecule has 6 heteroatoms. The molecule has 0 saturated carbocycles. The van der Waals surface area contributed by atoms with E-state index < -0.39 is 0 Å². The van der Waals surface area contributed by atoms with Crippen molar-refractivity contribution in [2.45, 2.75) is 6.04 Å². The lowest BCUT2D eigenvalue weighted by atomic mass is 9.98. The molecule has 0 aliphatic rings. The number of hydrazine groups is 1. The number of ether oxygens (including phenoxy) is 1. The average Bonchev–Trinajstić information content (AvgIpc) is 2.44. The number of hydrogen-bond donors (Lipinski definition) is 2. The van der Waals surface area contributed by atoms with Crippen molar-refractivity contribution in [3.63, 3.8) is 0 Å². The zero-order chi connectivity index (χ0) is 14.7. The molecule has 1 unspecified atom stereocenters. The van der Waals surface area contributed by atoms with Gasteiger partial charge >= 0.3 is 0 Å². The predicted octanol–water partition coefficient (Wildman–Crippen LogP) is 4.32. The zero-order valence-electron chi connectivity index (χ0n) is 10.7. The number of methoxy groups -OCH3 is 1. The topological polar surface area (TPSA) is 47.3 Å². The van der Waals surface area contributed by atoms with Crippen LogP contribution in [0.4, 0.5) is 0 Å². The number of nitrogens with two attached hydrogens (primary N) is 1. The van der Waals surface area contributed by atoms with E-state index >= 15 is 0 Å². The summed E-state index contributed by atoms with van der Waals surface area (Å²) in [6, 6.07) is 10.9. The first-order chi connectivity index (χ1) is 9.56. The van der Waals surface area contributed by atoms with Gasteiger partial charge in [-0.05, 0) is 29.8 Å². The third kappa shape index (κ3) is 3.27. The van der Waals surface area contributed by atoms with Gasteiger partial charge in [-0.2, -0.15) is 0 Å². The molecule has 106 valence electrons. The van der Waals surface area contributed by atoms with Crippen molar-refractivity contribution < 1.29 is 4.74 Å². The Hall–Kier alpha value is -0.780. The summed E-state index contributed by atoms with van der Waals surface area (Å²) >= 11 is 15.4. The second-order valence-electron chi connectivity index (χ2n) is 4.16. The Balaban J connectivity index is 2.49. The van der Waals surface area contributed by atoms with Gasteiger partial charge in [-0.25, -0.2) is 5.43 Å². The van der Waals surface area contributed by atoms with Crippen LogP contribution in [-0.2, 0) is 0 Å². The first kappa shape index (κ1) is 15.6. The van der Waals surface area contributed by atoms with E-state index in [4.69, 9.17) is 33.8 Å². The molecule has 2 rings (SSSR count). The summed E-state index contributed by atoms with van der Waals surface area (Å²) in [6.07, 6.45) is 0. The van der Waals surface area contributed by atoms with Crippen LogP contribution in [0.2, 0.25) is 10.0 Å². The van der Waals surface area contributed by atoms with Gasteiger partial charge in [0.25, 0.3) is 0 Å². The maximum absolute atomic E-state index is 6.06. The molecule has 1 atom stereocenters. The maximum Gasteiger partial charge on any atom is 0.125 e. The highest BCUT2D eigenvalue weighted by Crippen LogP contribution is 2.34. The van der Waals surface area contributed by atoms with Gasteiger partial charge in [-0.15, -0.1) is 0 Å². The highest BCUT2D eigenvalue weighted by atomic mass is 79.9. The Labute approximate surface area is 136 Å². The van der Waals surface area contributed by atoms with Crippen LogP contribution in [0.25, 0.3) is 0 Å². The summed E-state index contributed by atoms with van der Waals surface area (Å²) in [5.41, 5.74) is 4.60. The fourth-order valence-corrected chi connectivity index (χ4v) is 2.63. The molecule has 0 spiro atoms. The molecule has 0 bridgehead atoms. The van der Waals surface area contributed by atoms with E-state index in [9.17, 15) is 0 Å². The van der Waals surface area contributed by atoms with Gasteiger partial charge < -0.3 is 4.74 Å². The summed E-state index contributed by atoms with van der Waals surface area (Å²) in [5.74, 6) is 6.42. The van der Waals surface area contributed by atoms with E-state index in [2.05, 4.69) is 21.4 Å². The van der Waals surface area contributed by atoms with Crippen molar-refractivity contribution in [1.29, 1.82) is 0 Å². The van der Waals surface area contributed by atoms with Crippen LogP contribution < -0.4 is 16.0 Å². The summed E-state index contributed by atoms with van der Waals surface area (Å²) in [5, 5.41) is 0.995. The Morgan fingerprint density at radius 3 is 2.50 bits per heavy atom. The van der Waals surface area contributed by atoms with Gasteiger partial charge in [0, 0.05) is 10.0 Å². The van der Waals surface area contributed by atoms with E-state index in [1.54, 1.807) is 19.2 Å². The van der Waals surface area contributed by atoms with Crippen LogP contribution in [0.5, 0.6) is 5.75 Å². The fraction of sp³-hybridized carbons (Fsp3) is 0.143. The highest BCUT2D eigenvalue weighted by Gasteiger charge is 2.18. The second-order valence-corrected chi connectivity index (χ2v) is 5.89. The van der Waals surface area contributed by atoms with Crippen LogP contribution >= 0.6 is 39.1 Å². The van der Waals surface area contributed by atoms with Crippen LogP contribution in [0.15, 0.2) is 40.9 Å². The maximum atomic E-state index is 6.06. The van der Waals surface area contributed by atoms with E-state index in [0.717, 1.165) is 21.3 Å². The molecule has 0 heterocycles. The minimum absolute atomic E-state index is 0.243. The summed E-state index contributed by atoms with van der Waals surface area (Å²) in [6.45, 7) is 0. The van der Waals surface area contributed by atoms with E-state index in [-0.39, 0.29) is 6.04 Å². The molecular weight excluding hydrogens is 363 g/mol. The lowest BCUT2D eigenvalue weighted by Crippen LogP contribution is -2.29. The smallest absolute Gasteiger partial charge is 0.125 e. The second kappa shape index (κ2) is 6.78. The normalized spacial score (nSPS) is 12.2. The Morgan fingerprint density at radius 2 is 1.90 bits per heavy atom.